The molecule has 2 aromatic heterocycles. The van der Waals surface area contributed by atoms with Crippen LogP contribution in [0, 0.1) is 0 Å². The lowest BCUT2D eigenvalue weighted by molar-refractivity contribution is 0.855. The van der Waals surface area contributed by atoms with Gasteiger partial charge in [-0.15, -0.1) is 0 Å². The summed E-state index contributed by atoms with van der Waals surface area (Å²) < 4.78 is 4.85. The smallest absolute Gasteiger partial charge is 0.0544 e. The monoisotopic (exact) mass is 714 g/mol. The standard InChI is InChI=1S/C54H38N2/c1-4-14-37(15-5-1)39-18-12-19-40(32-39)41-20-13-23-46(33-41)56-51-25-11-10-24-47(51)49-34-42(28-31-53(49)56)43-27-30-52-50(35-43)48-29-26-44(38-16-6-2-7-17-38)36-54(48)55(52)45-21-8-3-9-22-45/h1-16,18-36,38H,17H2. The molecule has 0 saturated heterocycles. The Morgan fingerprint density at radius 2 is 0.893 bits per heavy atom. The molecule has 0 bridgehead atoms. The number of hydrogen-bond donors (Lipinski definition) is 0. The number of fused-ring (bicyclic) bond motifs is 6. The van der Waals surface area contributed by atoms with E-state index in [1.165, 1.54) is 88.2 Å². The molecule has 1 atom stereocenters. The van der Waals surface area contributed by atoms with Crippen LogP contribution in [0.5, 0.6) is 0 Å². The van der Waals surface area contributed by atoms with Crippen LogP contribution in [0.15, 0.2) is 212 Å². The minimum absolute atomic E-state index is 0.393. The summed E-state index contributed by atoms with van der Waals surface area (Å²) in [6.07, 6.45) is 9.95. The van der Waals surface area contributed by atoms with Crippen LogP contribution in [0.4, 0.5) is 0 Å². The van der Waals surface area contributed by atoms with Gasteiger partial charge in [0.05, 0.1) is 22.1 Å². The molecule has 0 aliphatic heterocycles. The first kappa shape index (κ1) is 32.3. The fourth-order valence-electron chi connectivity index (χ4n) is 8.90. The predicted molar refractivity (Wildman–Crippen MR) is 237 cm³/mol. The predicted octanol–water partition coefficient (Wildman–Crippen LogP) is 14.5. The fourth-order valence-corrected chi connectivity index (χ4v) is 8.90. The summed E-state index contributed by atoms with van der Waals surface area (Å²) in [6.45, 7) is 0. The largest absolute Gasteiger partial charge is 0.309 e. The van der Waals surface area contributed by atoms with Gasteiger partial charge < -0.3 is 9.13 Å². The Labute approximate surface area is 326 Å². The Kier molecular flexibility index (Phi) is 7.67. The van der Waals surface area contributed by atoms with E-state index in [-0.39, 0.29) is 0 Å². The van der Waals surface area contributed by atoms with Crippen LogP contribution in [0.2, 0.25) is 0 Å². The molecule has 10 aromatic rings. The van der Waals surface area contributed by atoms with Crippen molar-refractivity contribution in [1.29, 1.82) is 0 Å². The van der Waals surface area contributed by atoms with Crippen molar-refractivity contribution < 1.29 is 0 Å². The zero-order chi connectivity index (χ0) is 37.0. The van der Waals surface area contributed by atoms with E-state index in [4.69, 9.17) is 0 Å². The Morgan fingerprint density at radius 1 is 0.339 bits per heavy atom. The second-order valence-electron chi connectivity index (χ2n) is 14.9. The van der Waals surface area contributed by atoms with Crippen molar-refractivity contribution in [1.82, 2.24) is 9.13 Å². The molecule has 0 saturated carbocycles. The first-order chi connectivity index (χ1) is 27.8. The highest BCUT2D eigenvalue weighted by molar-refractivity contribution is 6.13. The first-order valence-corrected chi connectivity index (χ1v) is 19.5. The van der Waals surface area contributed by atoms with Crippen molar-refractivity contribution >= 4 is 43.6 Å². The third-order valence-electron chi connectivity index (χ3n) is 11.6. The van der Waals surface area contributed by atoms with E-state index in [9.17, 15) is 0 Å². The Morgan fingerprint density at radius 3 is 1.62 bits per heavy atom. The van der Waals surface area contributed by atoms with E-state index in [1.807, 2.05) is 0 Å². The van der Waals surface area contributed by atoms with Gasteiger partial charge in [-0.05, 0) is 112 Å². The van der Waals surface area contributed by atoms with Crippen molar-refractivity contribution in [2.45, 2.75) is 12.3 Å². The van der Waals surface area contributed by atoms with Crippen LogP contribution >= 0.6 is 0 Å². The van der Waals surface area contributed by atoms with E-state index in [0.29, 0.717) is 5.92 Å². The van der Waals surface area contributed by atoms with E-state index in [0.717, 1.165) is 12.1 Å². The van der Waals surface area contributed by atoms with Gasteiger partial charge in [0.2, 0.25) is 0 Å². The summed E-state index contributed by atoms with van der Waals surface area (Å²) in [6, 6.07) is 69.1. The molecule has 264 valence electrons. The highest BCUT2D eigenvalue weighted by Gasteiger charge is 2.18. The average Bonchev–Trinajstić information content (AvgIpc) is 3.79. The number of nitrogens with zero attached hydrogens (tertiary/aromatic N) is 2. The highest BCUT2D eigenvalue weighted by Crippen LogP contribution is 2.40. The Hall–Kier alpha value is -7.16. The van der Waals surface area contributed by atoms with Gasteiger partial charge in [0, 0.05) is 38.8 Å². The summed E-state index contributed by atoms with van der Waals surface area (Å²) in [4.78, 5) is 0. The molecule has 2 heteroatoms. The fraction of sp³-hybridized carbons (Fsp3) is 0.0370. The summed E-state index contributed by atoms with van der Waals surface area (Å²) in [5, 5.41) is 5.04. The molecule has 1 unspecified atom stereocenters. The first-order valence-electron chi connectivity index (χ1n) is 19.5. The summed E-state index contributed by atoms with van der Waals surface area (Å²) in [7, 11) is 0. The molecule has 2 heterocycles. The Balaban J connectivity index is 1.03. The number of hydrogen-bond acceptors (Lipinski definition) is 0. The average molecular weight is 715 g/mol. The zero-order valence-electron chi connectivity index (χ0n) is 30.9. The maximum atomic E-state index is 2.43. The second kappa shape index (κ2) is 13.3. The van der Waals surface area contributed by atoms with E-state index >= 15 is 0 Å². The van der Waals surface area contributed by atoms with Gasteiger partial charge in [0.1, 0.15) is 0 Å². The van der Waals surface area contributed by atoms with Crippen LogP contribution in [0.3, 0.4) is 0 Å². The van der Waals surface area contributed by atoms with Crippen LogP contribution < -0.4 is 0 Å². The molecule has 11 rings (SSSR count). The number of aromatic nitrogens is 2. The number of para-hydroxylation sites is 2. The van der Waals surface area contributed by atoms with Crippen molar-refractivity contribution in [2.24, 2.45) is 0 Å². The molecule has 0 fully saturated rings. The minimum atomic E-state index is 0.393. The molecular weight excluding hydrogens is 677 g/mol. The molecule has 0 N–H and O–H groups in total. The molecule has 0 radical (unpaired) electrons. The van der Waals surface area contributed by atoms with Gasteiger partial charge in [-0.1, -0.05) is 146 Å². The number of rotatable bonds is 6. The SMILES string of the molecule is C1=CCC(c2ccc3c4cc(-c5ccc6c(c5)c5ccccc5n6-c5cccc(-c6cccc(-c7ccccc7)c6)c5)ccc4n(-c4ccccc4)c3c2)C=C1. The van der Waals surface area contributed by atoms with E-state index in [1.54, 1.807) is 0 Å². The van der Waals surface area contributed by atoms with Crippen molar-refractivity contribution in [3.05, 3.63) is 218 Å². The molecule has 1 aliphatic carbocycles. The van der Waals surface area contributed by atoms with Gasteiger partial charge in [-0.3, -0.25) is 0 Å². The van der Waals surface area contributed by atoms with Crippen LogP contribution in [0.25, 0.3) is 88.4 Å². The van der Waals surface area contributed by atoms with E-state index in [2.05, 4.69) is 221 Å². The molecule has 56 heavy (non-hydrogen) atoms. The van der Waals surface area contributed by atoms with E-state index < -0.39 is 0 Å². The third kappa shape index (κ3) is 5.41. The molecule has 1 aliphatic rings. The molecule has 2 nitrogen and oxygen atoms in total. The maximum absolute atomic E-state index is 2.43. The van der Waals surface area contributed by atoms with Gasteiger partial charge >= 0.3 is 0 Å². The minimum Gasteiger partial charge on any atom is -0.309 e. The topological polar surface area (TPSA) is 9.86 Å². The summed E-state index contributed by atoms with van der Waals surface area (Å²) in [5.74, 6) is 0.393. The normalized spacial score (nSPS) is 14.0. The second-order valence-corrected chi connectivity index (χ2v) is 14.9. The van der Waals surface area contributed by atoms with Crippen molar-refractivity contribution in [3.63, 3.8) is 0 Å². The number of allylic oxidation sites excluding steroid dienone is 4. The lowest BCUT2D eigenvalue weighted by Crippen LogP contribution is -1.98. The Bertz CT molecular complexity index is 3160. The lowest BCUT2D eigenvalue weighted by Gasteiger charge is -2.14. The highest BCUT2D eigenvalue weighted by atomic mass is 15.0. The molecule has 0 spiro atoms. The van der Waals surface area contributed by atoms with Gasteiger partial charge in [-0.25, -0.2) is 0 Å². The maximum Gasteiger partial charge on any atom is 0.0544 e. The molecule has 0 amide bonds. The van der Waals surface area contributed by atoms with Gasteiger partial charge in [-0.2, -0.15) is 0 Å². The third-order valence-corrected chi connectivity index (χ3v) is 11.6. The van der Waals surface area contributed by atoms with Gasteiger partial charge in [0.25, 0.3) is 0 Å². The van der Waals surface area contributed by atoms with Gasteiger partial charge in [0.15, 0.2) is 0 Å². The summed E-state index contributed by atoms with van der Waals surface area (Å²) in [5.41, 5.74) is 15.8. The molecular formula is C54H38N2. The van der Waals surface area contributed by atoms with Crippen LogP contribution in [0.1, 0.15) is 17.9 Å². The van der Waals surface area contributed by atoms with Crippen LogP contribution in [-0.2, 0) is 0 Å². The lowest BCUT2D eigenvalue weighted by atomic mass is 9.92. The molecule has 8 aromatic carbocycles. The van der Waals surface area contributed by atoms with Crippen molar-refractivity contribution in [2.75, 3.05) is 0 Å². The number of benzene rings is 8. The van der Waals surface area contributed by atoms with Crippen LogP contribution in [-0.4, -0.2) is 9.13 Å². The van der Waals surface area contributed by atoms with Crippen molar-refractivity contribution in [3.8, 4) is 44.8 Å². The zero-order valence-corrected chi connectivity index (χ0v) is 30.9. The summed E-state index contributed by atoms with van der Waals surface area (Å²) >= 11 is 0. The quantitative estimate of drug-likeness (QED) is 0.162.